The highest BCUT2D eigenvalue weighted by molar-refractivity contribution is 5.96. The molecule has 21 heavy (non-hydrogen) atoms. The Hall–Kier alpha value is -2.35. The van der Waals surface area contributed by atoms with Crippen LogP contribution in [0.3, 0.4) is 0 Å². The molecule has 0 atom stereocenters. The van der Waals surface area contributed by atoms with Gasteiger partial charge in [0, 0.05) is 38.3 Å². The van der Waals surface area contributed by atoms with Gasteiger partial charge in [-0.15, -0.1) is 0 Å². The Bertz CT molecular complexity index is 567. The van der Waals surface area contributed by atoms with Crippen molar-refractivity contribution in [3.8, 4) is 5.75 Å². The summed E-state index contributed by atoms with van der Waals surface area (Å²) in [5.74, 6) is -1.17. The molecule has 1 aromatic carbocycles. The van der Waals surface area contributed by atoms with Crippen molar-refractivity contribution in [1.29, 1.82) is 0 Å². The lowest BCUT2D eigenvalue weighted by molar-refractivity contribution is -0.385. The van der Waals surface area contributed by atoms with Crippen LogP contribution in [0.15, 0.2) is 12.1 Å². The standard InChI is InChI=1S/C13H17N3O5/c1-14-3-5-15(6-4-14)10-8-11(16(19)20)12(21-2)7-9(10)13(17)18/h7-8H,3-6H2,1-2H3,(H,17,18). The van der Waals surface area contributed by atoms with E-state index in [0.29, 0.717) is 18.8 Å². The first kappa shape index (κ1) is 15.0. The number of rotatable bonds is 4. The van der Waals surface area contributed by atoms with E-state index < -0.39 is 10.9 Å². The molecule has 8 heteroatoms. The van der Waals surface area contributed by atoms with Gasteiger partial charge in [0.25, 0.3) is 0 Å². The number of hydrogen-bond donors (Lipinski definition) is 1. The number of nitrogens with zero attached hydrogens (tertiary/aromatic N) is 3. The summed E-state index contributed by atoms with van der Waals surface area (Å²) in [6.07, 6.45) is 0. The number of benzene rings is 1. The van der Waals surface area contributed by atoms with Crippen LogP contribution in [-0.4, -0.2) is 61.2 Å². The first-order valence-corrected chi connectivity index (χ1v) is 6.47. The van der Waals surface area contributed by atoms with Crippen LogP contribution in [0.2, 0.25) is 0 Å². The number of piperazine rings is 1. The van der Waals surface area contributed by atoms with E-state index in [4.69, 9.17) is 4.74 Å². The minimum absolute atomic E-state index is 0.0157. The van der Waals surface area contributed by atoms with Gasteiger partial charge in [0.2, 0.25) is 0 Å². The van der Waals surface area contributed by atoms with E-state index in [0.717, 1.165) is 13.1 Å². The Kier molecular flexibility index (Phi) is 4.27. The number of nitro groups is 1. The van der Waals surface area contributed by atoms with Gasteiger partial charge in [0.1, 0.15) is 0 Å². The first-order valence-electron chi connectivity index (χ1n) is 6.47. The van der Waals surface area contributed by atoms with Crippen LogP contribution in [0.4, 0.5) is 11.4 Å². The number of anilines is 1. The van der Waals surface area contributed by atoms with Crippen LogP contribution in [0.5, 0.6) is 5.75 Å². The summed E-state index contributed by atoms with van der Waals surface area (Å²) in [5, 5.41) is 20.4. The van der Waals surface area contributed by atoms with Crippen molar-refractivity contribution in [3.63, 3.8) is 0 Å². The van der Waals surface area contributed by atoms with Crippen LogP contribution in [0, 0.1) is 10.1 Å². The number of methoxy groups -OCH3 is 1. The fourth-order valence-corrected chi connectivity index (χ4v) is 2.34. The summed E-state index contributed by atoms with van der Waals surface area (Å²) >= 11 is 0. The monoisotopic (exact) mass is 295 g/mol. The number of hydrogen-bond acceptors (Lipinski definition) is 6. The van der Waals surface area contributed by atoms with Crippen molar-refractivity contribution >= 4 is 17.3 Å². The topological polar surface area (TPSA) is 96.2 Å². The molecule has 1 heterocycles. The zero-order chi connectivity index (χ0) is 15.6. The molecule has 1 aliphatic heterocycles. The summed E-state index contributed by atoms with van der Waals surface area (Å²) < 4.78 is 4.93. The largest absolute Gasteiger partial charge is 0.490 e. The Labute approximate surface area is 121 Å². The number of ether oxygens (including phenoxy) is 1. The van der Waals surface area contributed by atoms with Gasteiger partial charge in [0.15, 0.2) is 5.75 Å². The molecule has 0 bridgehead atoms. The molecule has 1 aromatic rings. The van der Waals surface area contributed by atoms with Gasteiger partial charge >= 0.3 is 11.7 Å². The molecule has 114 valence electrons. The minimum atomic E-state index is -1.13. The average molecular weight is 295 g/mol. The van der Waals surface area contributed by atoms with Crippen LogP contribution in [0.1, 0.15) is 10.4 Å². The van der Waals surface area contributed by atoms with Gasteiger partial charge in [0.05, 0.1) is 23.3 Å². The smallest absolute Gasteiger partial charge is 0.337 e. The maximum Gasteiger partial charge on any atom is 0.337 e. The number of carboxylic acids is 1. The molecule has 0 spiro atoms. The normalized spacial score (nSPS) is 15.8. The molecule has 1 aliphatic rings. The van der Waals surface area contributed by atoms with Gasteiger partial charge in [-0.2, -0.15) is 0 Å². The van der Waals surface area contributed by atoms with Gasteiger partial charge in [-0.25, -0.2) is 4.79 Å². The van der Waals surface area contributed by atoms with Crippen LogP contribution < -0.4 is 9.64 Å². The highest BCUT2D eigenvalue weighted by Gasteiger charge is 2.26. The van der Waals surface area contributed by atoms with Crippen molar-refractivity contribution in [3.05, 3.63) is 27.8 Å². The molecular formula is C13H17N3O5. The lowest BCUT2D eigenvalue weighted by Gasteiger charge is -2.34. The maximum atomic E-state index is 11.4. The Morgan fingerprint density at radius 3 is 2.43 bits per heavy atom. The second-order valence-corrected chi connectivity index (χ2v) is 4.89. The number of nitro benzene ring substituents is 1. The summed E-state index contributed by atoms with van der Waals surface area (Å²) in [6, 6.07) is 2.50. The molecule has 0 unspecified atom stereocenters. The molecule has 0 aromatic heterocycles. The van der Waals surface area contributed by atoms with Crippen LogP contribution >= 0.6 is 0 Å². The van der Waals surface area contributed by atoms with Crippen molar-refractivity contribution < 1.29 is 19.6 Å². The quantitative estimate of drug-likeness (QED) is 0.655. The zero-order valence-corrected chi connectivity index (χ0v) is 11.9. The minimum Gasteiger partial charge on any atom is -0.490 e. The SMILES string of the molecule is COc1cc(C(=O)O)c(N2CCN(C)CC2)cc1[N+](=O)[O-]. The predicted octanol–water partition coefficient (Wildman–Crippen LogP) is 1.05. The third-order valence-corrected chi connectivity index (χ3v) is 3.57. The summed E-state index contributed by atoms with van der Waals surface area (Å²) in [4.78, 5) is 25.9. The number of likely N-dealkylation sites (N-methyl/N-ethyl adjacent to an activating group) is 1. The summed E-state index contributed by atoms with van der Waals surface area (Å²) in [5.41, 5.74) is 0.154. The van der Waals surface area contributed by atoms with E-state index in [1.165, 1.54) is 19.2 Å². The first-order chi connectivity index (χ1) is 9.93. The molecule has 0 saturated carbocycles. The molecule has 0 aliphatic carbocycles. The average Bonchev–Trinajstić information content (AvgIpc) is 2.46. The zero-order valence-electron chi connectivity index (χ0n) is 11.9. The van der Waals surface area contributed by atoms with Crippen molar-refractivity contribution in [2.45, 2.75) is 0 Å². The number of carboxylic acid groups (broad SMARTS) is 1. The summed E-state index contributed by atoms with van der Waals surface area (Å²) in [7, 11) is 3.26. The van der Waals surface area contributed by atoms with E-state index in [9.17, 15) is 20.0 Å². The Morgan fingerprint density at radius 1 is 1.33 bits per heavy atom. The molecule has 1 fully saturated rings. The van der Waals surface area contributed by atoms with E-state index >= 15 is 0 Å². The second-order valence-electron chi connectivity index (χ2n) is 4.89. The number of aromatic carboxylic acids is 1. The third-order valence-electron chi connectivity index (χ3n) is 3.57. The van der Waals surface area contributed by atoms with E-state index in [-0.39, 0.29) is 17.0 Å². The van der Waals surface area contributed by atoms with E-state index in [2.05, 4.69) is 4.90 Å². The van der Waals surface area contributed by atoms with Crippen LogP contribution in [0.25, 0.3) is 0 Å². The maximum absolute atomic E-state index is 11.4. The van der Waals surface area contributed by atoms with Gasteiger partial charge in [-0.3, -0.25) is 10.1 Å². The third kappa shape index (κ3) is 3.05. The van der Waals surface area contributed by atoms with Crippen molar-refractivity contribution in [2.24, 2.45) is 0 Å². The van der Waals surface area contributed by atoms with Crippen molar-refractivity contribution in [1.82, 2.24) is 4.90 Å². The van der Waals surface area contributed by atoms with E-state index in [1.54, 1.807) is 0 Å². The molecule has 0 radical (unpaired) electrons. The lowest BCUT2D eigenvalue weighted by Crippen LogP contribution is -2.45. The number of carbonyl (C=O) groups is 1. The second kappa shape index (κ2) is 5.96. The molecule has 0 amide bonds. The molecule has 1 N–H and O–H groups in total. The molecular weight excluding hydrogens is 278 g/mol. The lowest BCUT2D eigenvalue weighted by atomic mass is 10.1. The molecule has 1 saturated heterocycles. The fourth-order valence-electron chi connectivity index (χ4n) is 2.34. The van der Waals surface area contributed by atoms with Gasteiger partial charge in [-0.1, -0.05) is 0 Å². The van der Waals surface area contributed by atoms with E-state index in [1.807, 2.05) is 11.9 Å². The summed E-state index contributed by atoms with van der Waals surface area (Å²) in [6.45, 7) is 2.80. The van der Waals surface area contributed by atoms with Crippen LogP contribution in [-0.2, 0) is 0 Å². The molecule has 2 rings (SSSR count). The van der Waals surface area contributed by atoms with Crippen molar-refractivity contribution in [2.75, 3.05) is 45.2 Å². The van der Waals surface area contributed by atoms with Gasteiger partial charge < -0.3 is 19.6 Å². The Morgan fingerprint density at radius 2 is 1.95 bits per heavy atom. The highest BCUT2D eigenvalue weighted by atomic mass is 16.6. The van der Waals surface area contributed by atoms with Gasteiger partial charge in [-0.05, 0) is 7.05 Å². The highest BCUT2D eigenvalue weighted by Crippen LogP contribution is 2.35. The molecule has 8 nitrogen and oxygen atoms in total. The fraction of sp³-hybridized carbons (Fsp3) is 0.462. The Balaban J connectivity index is 2.49. The predicted molar refractivity (Wildman–Crippen MR) is 76.3 cm³/mol.